The van der Waals surface area contributed by atoms with E-state index in [9.17, 15) is 4.39 Å². The summed E-state index contributed by atoms with van der Waals surface area (Å²) in [4.78, 5) is 12.1. The van der Waals surface area contributed by atoms with Crippen molar-refractivity contribution in [2.24, 2.45) is 0 Å². The number of hydrogen-bond acceptors (Lipinski definition) is 3. The summed E-state index contributed by atoms with van der Waals surface area (Å²) < 4.78 is 15.4. The molecule has 0 fully saturated rings. The first kappa shape index (κ1) is 15.5. The van der Waals surface area contributed by atoms with Crippen LogP contribution in [-0.2, 0) is 0 Å². The molecule has 3 heterocycles. The molecule has 6 heteroatoms. The van der Waals surface area contributed by atoms with Crippen molar-refractivity contribution in [1.82, 2.24) is 14.4 Å². The average molecular weight is 339 g/mol. The van der Waals surface area contributed by atoms with E-state index in [0.29, 0.717) is 22.7 Å². The van der Waals surface area contributed by atoms with Gasteiger partial charge in [-0.05, 0) is 30.3 Å². The molecule has 0 aliphatic carbocycles. The Morgan fingerprint density at radius 3 is 2.77 bits per heavy atom. The number of benzene rings is 1. The van der Waals surface area contributed by atoms with Crippen molar-refractivity contribution in [2.45, 2.75) is 0 Å². The lowest BCUT2D eigenvalue weighted by molar-refractivity contribution is 0.624. The molecule has 0 aliphatic heterocycles. The van der Waals surface area contributed by atoms with Crippen molar-refractivity contribution in [1.29, 1.82) is 5.26 Å². The molecule has 4 aromatic rings. The number of fused-ring (bicyclic) bond motifs is 1. The number of rotatable bonds is 2. The van der Waals surface area contributed by atoms with Gasteiger partial charge >= 0.3 is 0 Å². The summed E-state index contributed by atoms with van der Waals surface area (Å²) in [6.07, 6.45) is 4.99. The lowest BCUT2D eigenvalue weighted by Crippen LogP contribution is -1.93. The highest BCUT2D eigenvalue weighted by atomic mass is 19.1. The van der Waals surface area contributed by atoms with Crippen LogP contribution < -0.4 is 0 Å². The molecule has 5 nitrogen and oxygen atoms in total. The van der Waals surface area contributed by atoms with Gasteiger partial charge in [0.25, 0.3) is 5.82 Å². The predicted molar refractivity (Wildman–Crippen MR) is 94.8 cm³/mol. The summed E-state index contributed by atoms with van der Waals surface area (Å²) in [6.45, 7) is 7.24. The molecule has 4 rings (SSSR count). The normalized spacial score (nSPS) is 10.4. The van der Waals surface area contributed by atoms with E-state index in [1.54, 1.807) is 22.7 Å². The molecular formula is C20H10FN5. The summed E-state index contributed by atoms with van der Waals surface area (Å²) in [5, 5.41) is 9.08. The number of hydrogen-bond donors (Lipinski definition) is 0. The minimum absolute atomic E-state index is 0.0283. The molecule has 0 saturated carbocycles. The maximum atomic E-state index is 13.7. The van der Waals surface area contributed by atoms with E-state index in [0.717, 1.165) is 11.1 Å². The molecule has 1 aromatic carbocycles. The number of aromatic nitrogens is 3. The van der Waals surface area contributed by atoms with Crippen LogP contribution in [0.25, 0.3) is 32.9 Å². The van der Waals surface area contributed by atoms with Crippen molar-refractivity contribution in [3.8, 4) is 28.5 Å². The van der Waals surface area contributed by atoms with Gasteiger partial charge in [0.2, 0.25) is 5.65 Å². The molecule has 26 heavy (non-hydrogen) atoms. The van der Waals surface area contributed by atoms with Gasteiger partial charge in [0.05, 0.1) is 23.7 Å². The number of pyridine rings is 2. The Kier molecular flexibility index (Phi) is 3.65. The first-order valence-electron chi connectivity index (χ1n) is 7.71. The van der Waals surface area contributed by atoms with E-state index in [2.05, 4.69) is 14.8 Å². The third kappa shape index (κ3) is 2.47. The van der Waals surface area contributed by atoms with E-state index in [4.69, 9.17) is 11.8 Å². The second-order valence-corrected chi connectivity index (χ2v) is 5.58. The standard InChI is InChI=1S/C20H10FN5/c1-23-19-11-25-18-7-5-14(12-26(18)19)16-3-2-8-24-20(16)13-4-6-17(21)15(9-13)10-22/h2-9,11-12H. The Balaban J connectivity index is 1.92. The summed E-state index contributed by atoms with van der Waals surface area (Å²) in [7, 11) is 0. The number of halogens is 1. The molecule has 0 spiro atoms. The Morgan fingerprint density at radius 2 is 1.96 bits per heavy atom. The van der Waals surface area contributed by atoms with E-state index in [1.807, 2.05) is 30.5 Å². The van der Waals surface area contributed by atoms with E-state index < -0.39 is 5.82 Å². The van der Waals surface area contributed by atoms with Crippen molar-refractivity contribution in [3.05, 3.63) is 83.9 Å². The second-order valence-electron chi connectivity index (χ2n) is 5.58. The molecule has 3 aromatic heterocycles. The first-order chi connectivity index (χ1) is 12.7. The third-order valence-corrected chi connectivity index (χ3v) is 4.08. The zero-order valence-corrected chi connectivity index (χ0v) is 13.4. The minimum atomic E-state index is -0.560. The Bertz CT molecular complexity index is 1230. The lowest BCUT2D eigenvalue weighted by Gasteiger charge is -2.09. The highest BCUT2D eigenvalue weighted by Crippen LogP contribution is 2.32. The topological polar surface area (TPSA) is 58.3 Å². The highest BCUT2D eigenvalue weighted by molar-refractivity contribution is 5.81. The predicted octanol–water partition coefficient (Wildman–Crippen LogP) is 4.62. The van der Waals surface area contributed by atoms with Gasteiger partial charge in [0, 0.05) is 29.0 Å². The van der Waals surface area contributed by atoms with Crippen LogP contribution in [-0.4, -0.2) is 14.4 Å². The Morgan fingerprint density at radius 1 is 1.12 bits per heavy atom. The zero-order valence-electron chi connectivity index (χ0n) is 13.4. The first-order valence-corrected chi connectivity index (χ1v) is 7.71. The van der Waals surface area contributed by atoms with Crippen molar-refractivity contribution in [2.75, 3.05) is 0 Å². The molecule has 0 atom stereocenters. The maximum absolute atomic E-state index is 13.7. The van der Waals surface area contributed by atoms with Crippen molar-refractivity contribution in [3.63, 3.8) is 0 Å². The monoisotopic (exact) mass is 339 g/mol. The van der Waals surface area contributed by atoms with Crippen LogP contribution in [0, 0.1) is 23.7 Å². The zero-order chi connectivity index (χ0) is 18.1. The Hall–Kier alpha value is -4.03. The van der Waals surface area contributed by atoms with Gasteiger partial charge in [-0.1, -0.05) is 12.6 Å². The summed E-state index contributed by atoms with van der Waals surface area (Å²) in [5.74, 6) is -0.142. The summed E-state index contributed by atoms with van der Waals surface area (Å²) in [6, 6.07) is 13.6. The van der Waals surface area contributed by atoms with Crippen LogP contribution in [0.5, 0.6) is 0 Å². The smallest absolute Gasteiger partial charge is 0.254 e. The molecule has 0 unspecified atom stereocenters. The van der Waals surface area contributed by atoms with Crippen LogP contribution in [0.2, 0.25) is 0 Å². The molecule has 0 radical (unpaired) electrons. The second kappa shape index (κ2) is 6.12. The number of nitrogens with zero attached hydrogens (tertiary/aromatic N) is 5. The SMILES string of the molecule is [C-]#[N+]c1cnc2ccc(-c3cccnc3-c3ccc(F)c(C#N)c3)cn12. The fourth-order valence-electron chi connectivity index (χ4n) is 2.84. The van der Waals surface area contributed by atoms with E-state index >= 15 is 0 Å². The lowest BCUT2D eigenvalue weighted by atomic mass is 9.99. The van der Waals surface area contributed by atoms with Crippen molar-refractivity contribution >= 4 is 11.5 Å². The van der Waals surface area contributed by atoms with Gasteiger partial charge in [0.1, 0.15) is 11.9 Å². The van der Waals surface area contributed by atoms with Crippen LogP contribution in [0.4, 0.5) is 10.2 Å². The average Bonchev–Trinajstić information content (AvgIpc) is 3.10. The van der Waals surface area contributed by atoms with Crippen LogP contribution in [0.3, 0.4) is 0 Å². The molecule has 0 aliphatic rings. The van der Waals surface area contributed by atoms with E-state index in [-0.39, 0.29) is 5.56 Å². The number of nitriles is 1. The van der Waals surface area contributed by atoms with Gasteiger partial charge in [-0.25, -0.2) is 13.8 Å². The largest absolute Gasteiger partial charge is 0.362 e. The fraction of sp³-hybridized carbons (Fsp3) is 0. The molecule has 122 valence electrons. The van der Waals surface area contributed by atoms with Gasteiger partial charge < -0.3 is 4.85 Å². The Labute approximate surface area is 148 Å². The third-order valence-electron chi connectivity index (χ3n) is 4.08. The summed E-state index contributed by atoms with van der Waals surface area (Å²) >= 11 is 0. The van der Waals surface area contributed by atoms with Gasteiger partial charge in [0.15, 0.2) is 0 Å². The van der Waals surface area contributed by atoms with E-state index in [1.165, 1.54) is 18.3 Å². The highest BCUT2D eigenvalue weighted by Gasteiger charge is 2.13. The molecule has 0 bridgehead atoms. The maximum Gasteiger partial charge on any atom is 0.254 e. The fourth-order valence-corrected chi connectivity index (χ4v) is 2.84. The number of imidazole rings is 1. The summed E-state index contributed by atoms with van der Waals surface area (Å²) in [5.41, 5.74) is 3.58. The van der Waals surface area contributed by atoms with Gasteiger partial charge in [-0.2, -0.15) is 5.26 Å². The molecule has 0 amide bonds. The van der Waals surface area contributed by atoms with Crippen molar-refractivity contribution < 1.29 is 4.39 Å². The van der Waals surface area contributed by atoms with Gasteiger partial charge in [-0.3, -0.25) is 4.98 Å². The quantitative estimate of drug-likeness (QED) is 0.501. The van der Waals surface area contributed by atoms with Crippen LogP contribution in [0.15, 0.2) is 61.1 Å². The molecule has 0 N–H and O–H groups in total. The van der Waals surface area contributed by atoms with Gasteiger partial charge in [-0.15, -0.1) is 0 Å². The van der Waals surface area contributed by atoms with Crippen LogP contribution >= 0.6 is 0 Å². The molecular weight excluding hydrogens is 329 g/mol. The molecule has 0 saturated heterocycles. The minimum Gasteiger partial charge on any atom is -0.362 e. The van der Waals surface area contributed by atoms with Crippen LogP contribution in [0.1, 0.15) is 5.56 Å².